The van der Waals surface area contributed by atoms with Crippen LogP contribution in [0.4, 0.5) is 0 Å². The third-order valence-electron chi connectivity index (χ3n) is 9.94. The van der Waals surface area contributed by atoms with Gasteiger partial charge in [0.2, 0.25) is 0 Å². The molecule has 0 aromatic heterocycles. The Labute approximate surface area is 385 Å². The Hall–Kier alpha value is -6.88. The van der Waals surface area contributed by atoms with Crippen molar-refractivity contribution in [3.63, 3.8) is 0 Å². The number of aliphatic hydroxyl groups is 5. The van der Waals surface area contributed by atoms with Crippen molar-refractivity contribution in [2.75, 3.05) is 76.2 Å². The number of hydrogen-bond donors (Lipinski definition) is 5. The maximum absolute atomic E-state index is 13.9. The third-order valence-corrected chi connectivity index (χ3v) is 9.94. The average Bonchev–Trinajstić information content (AvgIpc) is 3.36. The van der Waals surface area contributed by atoms with Crippen molar-refractivity contribution in [1.82, 2.24) is 0 Å². The summed E-state index contributed by atoms with van der Waals surface area (Å²) in [6.45, 7) is -5.53. The Morgan fingerprint density at radius 3 is 1.04 bits per heavy atom. The summed E-state index contributed by atoms with van der Waals surface area (Å²) in [6, 6.07) is 11.1. The molecule has 21 nitrogen and oxygen atoms in total. The van der Waals surface area contributed by atoms with Gasteiger partial charge < -0.3 is 82.4 Å². The van der Waals surface area contributed by atoms with Crippen LogP contribution in [0.2, 0.25) is 0 Å². The summed E-state index contributed by atoms with van der Waals surface area (Å²) in [7, 11) is 9.23. The lowest BCUT2D eigenvalue weighted by Gasteiger charge is -2.23. The largest absolute Gasteiger partial charge is 0.497 e. The molecule has 0 heterocycles. The van der Waals surface area contributed by atoms with Crippen LogP contribution in [0.25, 0.3) is 0 Å². The van der Waals surface area contributed by atoms with E-state index in [1.54, 1.807) is 0 Å². The van der Waals surface area contributed by atoms with E-state index in [1.165, 1.54) is 98.3 Å². The Bertz CT molecular complexity index is 2080. The van der Waals surface area contributed by atoms with Gasteiger partial charge in [0.15, 0.2) is 12.2 Å². The first-order chi connectivity index (χ1) is 32.3. The molecule has 21 heteroatoms. The molecule has 67 heavy (non-hydrogen) atoms. The summed E-state index contributed by atoms with van der Waals surface area (Å²) in [4.78, 5) is 55.0. The van der Waals surface area contributed by atoms with Crippen LogP contribution in [0, 0.1) is 0 Å². The Balaban J connectivity index is 1.70. The standard InChI is InChI=1S/C46H54O21/c1-56-30-10-26(17-48)39(27(11-30)18-49)43(52)64-23-33(66-45(54)40-28(19-50)12-31(57-2)14-37(40)61-6)21-63-22-34(67-46(55)41-29(20-51)13-32(58-3)15-38(41)62-7)24-65-44(53)42-35(59-4)8-25(16-47)9-36(42)60-5/h8-15,33-34,47-51H,16-24H2,1-7H3. The Kier molecular flexibility index (Phi) is 20.2. The minimum Gasteiger partial charge on any atom is -0.497 e. The summed E-state index contributed by atoms with van der Waals surface area (Å²) in [6.07, 6.45) is -2.92. The van der Waals surface area contributed by atoms with E-state index in [2.05, 4.69) is 0 Å². The molecular formula is C46H54O21. The minimum absolute atomic E-state index is 0.00217. The van der Waals surface area contributed by atoms with E-state index in [0.717, 1.165) is 0 Å². The maximum Gasteiger partial charge on any atom is 0.345 e. The molecule has 4 rings (SSSR count). The first-order valence-electron chi connectivity index (χ1n) is 20.1. The van der Waals surface area contributed by atoms with Crippen molar-refractivity contribution in [3.05, 3.63) is 98.6 Å². The van der Waals surface area contributed by atoms with Gasteiger partial charge in [-0.2, -0.15) is 0 Å². The topological polar surface area (TPSA) is 280 Å². The van der Waals surface area contributed by atoms with Crippen LogP contribution in [0.1, 0.15) is 69.2 Å². The normalized spacial score (nSPS) is 11.7. The van der Waals surface area contributed by atoms with Crippen molar-refractivity contribution in [1.29, 1.82) is 0 Å². The van der Waals surface area contributed by atoms with Gasteiger partial charge in [-0.15, -0.1) is 0 Å². The SMILES string of the molecule is COc1cc(CO)c(C(=O)OCC(COCC(COC(=O)c2c(OC)cc(CO)cc2OC)OC(=O)c2c(CO)cc(OC)cc2OC)OC(=O)c2c(CO)cc(OC)cc2OC)c(CO)c1. The van der Waals surface area contributed by atoms with Gasteiger partial charge in [-0.25, -0.2) is 19.2 Å². The van der Waals surface area contributed by atoms with Crippen LogP contribution in [0.15, 0.2) is 48.5 Å². The van der Waals surface area contributed by atoms with E-state index < -0.39 is 95.5 Å². The number of esters is 4. The van der Waals surface area contributed by atoms with E-state index in [1.807, 2.05) is 0 Å². The van der Waals surface area contributed by atoms with E-state index in [4.69, 9.17) is 56.8 Å². The molecule has 0 amide bonds. The molecule has 0 saturated carbocycles. The molecule has 2 atom stereocenters. The highest BCUT2D eigenvalue weighted by Gasteiger charge is 2.30. The average molecular weight is 943 g/mol. The Morgan fingerprint density at radius 1 is 0.388 bits per heavy atom. The van der Waals surface area contributed by atoms with Crippen LogP contribution < -0.4 is 33.2 Å². The lowest BCUT2D eigenvalue weighted by atomic mass is 10.0. The van der Waals surface area contributed by atoms with Crippen LogP contribution in [0.5, 0.6) is 40.2 Å². The van der Waals surface area contributed by atoms with Crippen molar-refractivity contribution in [3.8, 4) is 40.2 Å². The fourth-order valence-electron chi connectivity index (χ4n) is 6.65. The molecule has 2 unspecified atom stereocenters. The molecular weight excluding hydrogens is 888 g/mol. The summed E-state index contributed by atoms with van der Waals surface area (Å²) in [5.41, 5.74) is -0.136. The van der Waals surface area contributed by atoms with Gasteiger partial charge in [-0.05, 0) is 64.2 Å². The molecule has 4 aromatic carbocycles. The lowest BCUT2D eigenvalue weighted by molar-refractivity contribution is -0.0620. The number of carbonyl (C=O) groups excluding carboxylic acids is 4. The second-order valence-corrected chi connectivity index (χ2v) is 14.0. The van der Waals surface area contributed by atoms with Gasteiger partial charge >= 0.3 is 23.9 Å². The molecule has 0 fully saturated rings. The third kappa shape index (κ3) is 13.1. The summed E-state index contributed by atoms with van der Waals surface area (Å²) >= 11 is 0. The maximum atomic E-state index is 13.9. The lowest BCUT2D eigenvalue weighted by Crippen LogP contribution is -2.34. The first kappa shape index (κ1) is 52.7. The van der Waals surface area contributed by atoms with E-state index in [-0.39, 0.29) is 84.8 Å². The number of carbonyl (C=O) groups is 4. The predicted molar refractivity (Wildman–Crippen MR) is 231 cm³/mol. The van der Waals surface area contributed by atoms with Crippen molar-refractivity contribution >= 4 is 23.9 Å². The zero-order valence-electron chi connectivity index (χ0n) is 37.9. The van der Waals surface area contributed by atoms with Crippen LogP contribution in [-0.4, -0.2) is 138 Å². The van der Waals surface area contributed by atoms with Gasteiger partial charge in [0.05, 0.1) is 102 Å². The van der Waals surface area contributed by atoms with Gasteiger partial charge in [-0.3, -0.25) is 0 Å². The zero-order valence-corrected chi connectivity index (χ0v) is 37.9. The van der Waals surface area contributed by atoms with Gasteiger partial charge in [0.1, 0.15) is 70.2 Å². The fourth-order valence-corrected chi connectivity index (χ4v) is 6.65. The molecule has 5 N–H and O–H groups in total. The molecule has 0 saturated heterocycles. The summed E-state index contributed by atoms with van der Waals surface area (Å²) < 4.78 is 65.9. The monoisotopic (exact) mass is 942 g/mol. The minimum atomic E-state index is -1.47. The smallest absolute Gasteiger partial charge is 0.345 e. The highest BCUT2D eigenvalue weighted by molar-refractivity contribution is 5.97. The second kappa shape index (κ2) is 25.7. The summed E-state index contributed by atoms with van der Waals surface area (Å²) in [5.74, 6) is -3.43. The van der Waals surface area contributed by atoms with Crippen LogP contribution in [-0.2, 0) is 56.7 Å². The van der Waals surface area contributed by atoms with Gasteiger partial charge in [0, 0.05) is 12.1 Å². The Morgan fingerprint density at radius 2 is 0.716 bits per heavy atom. The fraction of sp³-hybridized carbons (Fsp3) is 0.391. The molecule has 4 aromatic rings. The van der Waals surface area contributed by atoms with Crippen LogP contribution in [0.3, 0.4) is 0 Å². The molecule has 0 spiro atoms. The van der Waals surface area contributed by atoms with Crippen molar-refractivity contribution in [2.24, 2.45) is 0 Å². The molecule has 0 bridgehead atoms. The predicted octanol–water partition coefficient (Wildman–Crippen LogP) is 2.69. The molecule has 0 aliphatic carbocycles. The zero-order chi connectivity index (χ0) is 49.2. The van der Waals surface area contributed by atoms with Gasteiger partial charge in [0.25, 0.3) is 0 Å². The van der Waals surface area contributed by atoms with E-state index >= 15 is 0 Å². The van der Waals surface area contributed by atoms with Crippen molar-refractivity contribution in [2.45, 2.75) is 45.2 Å². The molecule has 0 aliphatic rings. The molecule has 364 valence electrons. The number of methoxy groups -OCH3 is 7. The highest BCUT2D eigenvalue weighted by atomic mass is 16.6. The number of rotatable bonds is 26. The van der Waals surface area contributed by atoms with Gasteiger partial charge in [-0.1, -0.05) is 0 Å². The highest BCUT2D eigenvalue weighted by Crippen LogP contribution is 2.34. The second-order valence-electron chi connectivity index (χ2n) is 14.0. The number of hydrogen-bond acceptors (Lipinski definition) is 21. The molecule has 0 radical (unpaired) electrons. The van der Waals surface area contributed by atoms with E-state index in [9.17, 15) is 44.7 Å². The van der Waals surface area contributed by atoms with Crippen molar-refractivity contribution < 1.29 is 102 Å². The first-order valence-corrected chi connectivity index (χ1v) is 20.1. The van der Waals surface area contributed by atoms with E-state index in [0.29, 0.717) is 5.56 Å². The number of ether oxygens (including phenoxy) is 12. The summed E-state index contributed by atoms with van der Waals surface area (Å²) in [5, 5.41) is 50.2. The number of aliphatic hydroxyl groups excluding tert-OH is 5. The quantitative estimate of drug-likeness (QED) is 0.0447. The van der Waals surface area contributed by atoms with Crippen LogP contribution >= 0.6 is 0 Å². The molecule has 0 aliphatic heterocycles. The number of benzene rings is 4.